The molecule has 0 fully saturated rings. The molecule has 0 saturated heterocycles. The number of benzene rings is 1. The van der Waals surface area contributed by atoms with Crippen LogP contribution in [0.2, 0.25) is 0 Å². The second-order valence-corrected chi connectivity index (χ2v) is 6.21. The van der Waals surface area contributed by atoms with Gasteiger partial charge in [0.1, 0.15) is 5.69 Å². The Kier molecular flexibility index (Phi) is 7.65. The van der Waals surface area contributed by atoms with Crippen LogP contribution in [-0.4, -0.2) is 61.5 Å². The SMILES string of the molecule is CCOC(=O)c1ccccc1NC(=O)c1ccnc(C(=O)NCCN(C)C)c1. The van der Waals surface area contributed by atoms with Gasteiger partial charge in [-0.3, -0.25) is 14.6 Å². The van der Waals surface area contributed by atoms with E-state index in [9.17, 15) is 14.4 Å². The summed E-state index contributed by atoms with van der Waals surface area (Å²) in [4.78, 5) is 42.8. The van der Waals surface area contributed by atoms with Gasteiger partial charge in [0, 0.05) is 24.8 Å². The molecule has 1 aromatic heterocycles. The molecule has 2 aromatic rings. The molecule has 1 aromatic carbocycles. The van der Waals surface area contributed by atoms with Crippen LogP contribution in [0.1, 0.15) is 38.1 Å². The first-order chi connectivity index (χ1) is 13.4. The van der Waals surface area contributed by atoms with Gasteiger partial charge in [-0.05, 0) is 45.3 Å². The summed E-state index contributed by atoms with van der Waals surface area (Å²) in [5.74, 6) is -1.33. The number of anilines is 1. The Bertz CT molecular complexity index is 852. The fraction of sp³-hybridized carbons (Fsp3) is 0.300. The van der Waals surface area contributed by atoms with Crippen molar-refractivity contribution in [1.29, 1.82) is 0 Å². The predicted molar refractivity (Wildman–Crippen MR) is 105 cm³/mol. The number of carbonyl (C=O) groups excluding carboxylic acids is 3. The summed E-state index contributed by atoms with van der Waals surface area (Å²) in [6, 6.07) is 9.48. The number of hydrogen-bond acceptors (Lipinski definition) is 6. The minimum absolute atomic E-state index is 0.144. The summed E-state index contributed by atoms with van der Waals surface area (Å²) in [6.45, 7) is 3.10. The fourth-order valence-electron chi connectivity index (χ4n) is 2.35. The normalized spacial score (nSPS) is 10.4. The van der Waals surface area contributed by atoms with Crippen molar-refractivity contribution in [1.82, 2.24) is 15.2 Å². The van der Waals surface area contributed by atoms with Gasteiger partial charge in [-0.25, -0.2) is 4.79 Å². The van der Waals surface area contributed by atoms with Crippen LogP contribution < -0.4 is 10.6 Å². The second kappa shape index (κ2) is 10.2. The smallest absolute Gasteiger partial charge is 0.340 e. The van der Waals surface area contributed by atoms with E-state index in [4.69, 9.17) is 4.74 Å². The van der Waals surface area contributed by atoms with Crippen LogP contribution in [0.4, 0.5) is 5.69 Å². The summed E-state index contributed by atoms with van der Waals surface area (Å²) in [6.07, 6.45) is 1.40. The molecule has 0 spiro atoms. The van der Waals surface area contributed by atoms with E-state index in [1.807, 2.05) is 19.0 Å². The van der Waals surface area contributed by atoms with Crippen molar-refractivity contribution in [2.75, 3.05) is 39.1 Å². The standard InChI is InChI=1S/C20H24N4O4/c1-4-28-20(27)15-7-5-6-8-16(15)23-18(25)14-9-10-21-17(13-14)19(26)22-11-12-24(2)3/h5-10,13H,4,11-12H2,1-3H3,(H,22,26)(H,23,25). The van der Waals surface area contributed by atoms with E-state index in [0.29, 0.717) is 18.8 Å². The summed E-state index contributed by atoms with van der Waals surface area (Å²) < 4.78 is 5.00. The third-order valence-electron chi connectivity index (χ3n) is 3.77. The number of hydrogen-bond donors (Lipinski definition) is 2. The van der Waals surface area contributed by atoms with E-state index in [-0.39, 0.29) is 29.3 Å². The largest absolute Gasteiger partial charge is 0.462 e. The zero-order chi connectivity index (χ0) is 20.5. The predicted octanol–water partition coefficient (Wildman–Crippen LogP) is 1.80. The van der Waals surface area contributed by atoms with Crippen molar-refractivity contribution in [3.05, 3.63) is 59.4 Å². The van der Waals surface area contributed by atoms with Crippen molar-refractivity contribution < 1.29 is 19.1 Å². The number of para-hydroxylation sites is 1. The summed E-state index contributed by atoms with van der Waals surface area (Å²) in [7, 11) is 3.81. The number of aromatic nitrogens is 1. The fourth-order valence-corrected chi connectivity index (χ4v) is 2.35. The Morgan fingerprint density at radius 3 is 2.57 bits per heavy atom. The van der Waals surface area contributed by atoms with Gasteiger partial charge in [0.05, 0.1) is 17.9 Å². The van der Waals surface area contributed by atoms with Crippen molar-refractivity contribution in [2.24, 2.45) is 0 Å². The molecule has 148 valence electrons. The molecule has 28 heavy (non-hydrogen) atoms. The Labute approximate surface area is 163 Å². The number of likely N-dealkylation sites (N-methyl/N-ethyl adjacent to an activating group) is 1. The molecule has 0 radical (unpaired) electrons. The summed E-state index contributed by atoms with van der Waals surface area (Å²) >= 11 is 0. The molecular formula is C20H24N4O4. The van der Waals surface area contributed by atoms with E-state index < -0.39 is 11.9 Å². The molecular weight excluding hydrogens is 360 g/mol. The highest BCUT2D eigenvalue weighted by Crippen LogP contribution is 2.17. The van der Waals surface area contributed by atoms with Crippen LogP contribution in [0, 0.1) is 0 Å². The molecule has 0 aliphatic carbocycles. The zero-order valence-corrected chi connectivity index (χ0v) is 16.2. The number of esters is 1. The molecule has 2 rings (SSSR count). The second-order valence-electron chi connectivity index (χ2n) is 6.21. The lowest BCUT2D eigenvalue weighted by Crippen LogP contribution is -2.32. The van der Waals surface area contributed by atoms with Gasteiger partial charge in [-0.1, -0.05) is 12.1 Å². The van der Waals surface area contributed by atoms with Gasteiger partial charge in [0.15, 0.2) is 0 Å². The average Bonchev–Trinajstić information content (AvgIpc) is 2.68. The van der Waals surface area contributed by atoms with Crippen LogP contribution in [-0.2, 0) is 4.74 Å². The van der Waals surface area contributed by atoms with Gasteiger partial charge < -0.3 is 20.3 Å². The van der Waals surface area contributed by atoms with Crippen LogP contribution in [0.25, 0.3) is 0 Å². The molecule has 8 heteroatoms. The molecule has 0 atom stereocenters. The maximum absolute atomic E-state index is 12.6. The van der Waals surface area contributed by atoms with Crippen molar-refractivity contribution in [3.8, 4) is 0 Å². The number of carbonyl (C=O) groups is 3. The Morgan fingerprint density at radius 1 is 1.11 bits per heavy atom. The van der Waals surface area contributed by atoms with Gasteiger partial charge in [0.2, 0.25) is 0 Å². The minimum atomic E-state index is -0.519. The van der Waals surface area contributed by atoms with E-state index in [0.717, 1.165) is 0 Å². The first kappa shape index (κ1) is 21.0. The maximum Gasteiger partial charge on any atom is 0.340 e. The maximum atomic E-state index is 12.6. The lowest BCUT2D eigenvalue weighted by molar-refractivity contribution is 0.0527. The molecule has 0 aliphatic rings. The topological polar surface area (TPSA) is 101 Å². The first-order valence-corrected chi connectivity index (χ1v) is 8.89. The van der Waals surface area contributed by atoms with E-state index in [1.165, 1.54) is 18.3 Å². The van der Waals surface area contributed by atoms with Crippen LogP contribution >= 0.6 is 0 Å². The molecule has 1 heterocycles. The Hall–Kier alpha value is -3.26. The van der Waals surface area contributed by atoms with E-state index >= 15 is 0 Å². The lowest BCUT2D eigenvalue weighted by Gasteiger charge is -2.11. The molecule has 0 aliphatic heterocycles. The highest BCUT2D eigenvalue weighted by atomic mass is 16.5. The highest BCUT2D eigenvalue weighted by Gasteiger charge is 2.16. The minimum Gasteiger partial charge on any atom is -0.462 e. The molecule has 0 unspecified atom stereocenters. The molecule has 2 N–H and O–H groups in total. The number of pyridine rings is 1. The average molecular weight is 384 g/mol. The zero-order valence-electron chi connectivity index (χ0n) is 16.2. The monoisotopic (exact) mass is 384 g/mol. The summed E-state index contributed by atoms with van der Waals surface area (Å²) in [5.41, 5.74) is 0.990. The van der Waals surface area contributed by atoms with Crippen molar-refractivity contribution in [2.45, 2.75) is 6.92 Å². The number of rotatable bonds is 8. The van der Waals surface area contributed by atoms with Crippen LogP contribution in [0.5, 0.6) is 0 Å². The lowest BCUT2D eigenvalue weighted by atomic mass is 10.1. The number of ether oxygens (including phenoxy) is 1. The number of nitrogens with zero attached hydrogens (tertiary/aromatic N) is 2. The van der Waals surface area contributed by atoms with Gasteiger partial charge in [-0.15, -0.1) is 0 Å². The van der Waals surface area contributed by atoms with Crippen molar-refractivity contribution >= 4 is 23.5 Å². The highest BCUT2D eigenvalue weighted by molar-refractivity contribution is 6.08. The van der Waals surface area contributed by atoms with Crippen LogP contribution in [0.15, 0.2) is 42.6 Å². The van der Waals surface area contributed by atoms with E-state index in [2.05, 4.69) is 15.6 Å². The van der Waals surface area contributed by atoms with Gasteiger partial charge >= 0.3 is 5.97 Å². The Balaban J connectivity index is 2.12. The molecule has 0 saturated carbocycles. The first-order valence-electron chi connectivity index (χ1n) is 8.89. The number of amides is 2. The molecule has 8 nitrogen and oxygen atoms in total. The van der Waals surface area contributed by atoms with Gasteiger partial charge in [-0.2, -0.15) is 0 Å². The van der Waals surface area contributed by atoms with Gasteiger partial charge in [0.25, 0.3) is 11.8 Å². The third-order valence-corrected chi connectivity index (χ3v) is 3.77. The molecule has 2 amide bonds. The quantitative estimate of drug-likeness (QED) is 0.673. The third kappa shape index (κ3) is 5.88. The van der Waals surface area contributed by atoms with Crippen LogP contribution in [0.3, 0.4) is 0 Å². The molecule has 0 bridgehead atoms. The number of nitrogens with one attached hydrogen (secondary N) is 2. The van der Waals surface area contributed by atoms with E-state index in [1.54, 1.807) is 31.2 Å². The summed E-state index contributed by atoms with van der Waals surface area (Å²) in [5, 5.41) is 5.43. The Morgan fingerprint density at radius 2 is 1.86 bits per heavy atom. The van der Waals surface area contributed by atoms with Crippen molar-refractivity contribution in [3.63, 3.8) is 0 Å².